The van der Waals surface area contributed by atoms with E-state index < -0.39 is 23.7 Å². The molecule has 3 aliphatic heterocycles. The predicted octanol–water partition coefficient (Wildman–Crippen LogP) is 4.04. The molecule has 3 atom stereocenters. The Balaban J connectivity index is 1.28. The van der Waals surface area contributed by atoms with Crippen LogP contribution >= 0.6 is 0 Å². The summed E-state index contributed by atoms with van der Waals surface area (Å²) < 4.78 is 61.9. The van der Waals surface area contributed by atoms with E-state index >= 15 is 4.39 Å². The first-order valence-corrected chi connectivity index (χ1v) is 14.2. The van der Waals surface area contributed by atoms with Crippen molar-refractivity contribution in [3.63, 3.8) is 0 Å². The molecule has 43 heavy (non-hydrogen) atoms. The van der Waals surface area contributed by atoms with Crippen molar-refractivity contribution in [1.29, 1.82) is 0 Å². The third-order valence-electron chi connectivity index (χ3n) is 8.25. The molecule has 10 nitrogen and oxygen atoms in total. The fourth-order valence-electron chi connectivity index (χ4n) is 5.97. The summed E-state index contributed by atoms with van der Waals surface area (Å²) in [6, 6.07) is 6.42. The molecule has 4 aromatic rings. The van der Waals surface area contributed by atoms with Gasteiger partial charge in [-0.1, -0.05) is 6.07 Å². The van der Waals surface area contributed by atoms with Gasteiger partial charge in [0.2, 0.25) is 5.88 Å². The van der Waals surface area contributed by atoms with E-state index in [0.29, 0.717) is 37.3 Å². The molecule has 7 rings (SSSR count). The average molecular weight is 595 g/mol. The zero-order valence-electron chi connectivity index (χ0n) is 23.3. The van der Waals surface area contributed by atoms with E-state index in [9.17, 15) is 13.6 Å². The highest BCUT2D eigenvalue weighted by molar-refractivity contribution is 5.96. The summed E-state index contributed by atoms with van der Waals surface area (Å²) in [5, 5.41) is 6.75. The van der Waals surface area contributed by atoms with Crippen molar-refractivity contribution < 1.29 is 32.2 Å². The minimum absolute atomic E-state index is 0.106. The van der Waals surface area contributed by atoms with E-state index in [-0.39, 0.29) is 34.3 Å². The molecule has 0 spiro atoms. The largest absolute Gasteiger partial charge is 0.471 e. The Morgan fingerprint density at radius 3 is 2.74 bits per heavy atom. The average Bonchev–Trinajstić information content (AvgIpc) is 3.83. The number of hydrogen-bond donors (Lipinski definition) is 1. The SMILES string of the molecule is CNC(=O)c1cc(-c2cnn3cc(-c4ccc(CN5C[C@H]6C[C@@H]5CO6)nc4)c(O[C@H]4CCOC4)nc23)c(F)c(C(F)F)c1. The lowest BCUT2D eigenvalue weighted by atomic mass is 10.00. The van der Waals surface area contributed by atoms with Gasteiger partial charge >= 0.3 is 0 Å². The van der Waals surface area contributed by atoms with Crippen molar-refractivity contribution in [2.45, 2.75) is 44.1 Å². The van der Waals surface area contributed by atoms with Gasteiger partial charge in [0.15, 0.2) is 5.65 Å². The van der Waals surface area contributed by atoms with Crippen LogP contribution in [0.4, 0.5) is 13.2 Å². The number of pyridine rings is 1. The number of alkyl halides is 2. The van der Waals surface area contributed by atoms with Gasteiger partial charge in [-0.2, -0.15) is 10.1 Å². The van der Waals surface area contributed by atoms with Gasteiger partial charge in [-0.3, -0.25) is 14.7 Å². The molecule has 224 valence electrons. The van der Waals surface area contributed by atoms with Gasteiger partial charge in [-0.15, -0.1) is 0 Å². The Labute approximate surface area is 244 Å². The number of halogens is 3. The highest BCUT2D eigenvalue weighted by Gasteiger charge is 2.38. The van der Waals surface area contributed by atoms with Crippen LogP contribution in [0.5, 0.6) is 5.88 Å². The minimum Gasteiger partial charge on any atom is -0.471 e. The Bertz CT molecular complexity index is 1670. The van der Waals surface area contributed by atoms with Crippen LogP contribution in [-0.4, -0.2) is 82.1 Å². The first-order valence-electron chi connectivity index (χ1n) is 14.2. The van der Waals surface area contributed by atoms with Crippen LogP contribution in [0.1, 0.15) is 40.9 Å². The molecule has 3 fully saturated rings. The van der Waals surface area contributed by atoms with Gasteiger partial charge in [0.25, 0.3) is 12.3 Å². The summed E-state index contributed by atoms with van der Waals surface area (Å²) in [6.07, 6.45) is 3.44. The highest BCUT2D eigenvalue weighted by atomic mass is 19.3. The lowest BCUT2D eigenvalue weighted by Crippen LogP contribution is -2.36. The molecule has 6 heterocycles. The van der Waals surface area contributed by atoms with Gasteiger partial charge in [0.1, 0.15) is 11.9 Å². The number of benzene rings is 1. The molecule has 2 bridgehead atoms. The fourth-order valence-corrected chi connectivity index (χ4v) is 5.97. The van der Waals surface area contributed by atoms with Crippen LogP contribution < -0.4 is 10.1 Å². The summed E-state index contributed by atoms with van der Waals surface area (Å²) in [7, 11) is 1.37. The van der Waals surface area contributed by atoms with Crippen molar-refractivity contribution >= 4 is 11.6 Å². The standard InChI is InChI=1S/C30H29F3N6O4/c1-34-29(40)17-6-22(26(31)23(7-17)27(32)33)24-10-36-39-13-25(30(37-28(24)39)43-20-4-5-41-15-20)16-2-3-18(35-9-16)11-38-12-21-8-19(38)14-42-21/h2-3,6-7,9-10,13,19-21,27H,4-5,8,11-12,14-15H2,1H3,(H,34,40)/t19-,20+,21-/m1/s1. The van der Waals surface area contributed by atoms with Gasteiger partial charge in [-0.05, 0) is 24.6 Å². The van der Waals surface area contributed by atoms with Crippen LogP contribution in [0, 0.1) is 5.82 Å². The van der Waals surface area contributed by atoms with Crippen LogP contribution in [0.15, 0.2) is 42.9 Å². The molecule has 0 saturated carbocycles. The number of carbonyl (C=O) groups is 1. The van der Waals surface area contributed by atoms with Crippen LogP contribution in [-0.2, 0) is 16.0 Å². The van der Waals surface area contributed by atoms with E-state index in [1.165, 1.54) is 23.8 Å². The van der Waals surface area contributed by atoms with Crippen LogP contribution in [0.2, 0.25) is 0 Å². The van der Waals surface area contributed by atoms with Gasteiger partial charge in [0.05, 0.1) is 48.9 Å². The van der Waals surface area contributed by atoms with Crippen LogP contribution in [0.25, 0.3) is 27.9 Å². The molecule has 1 aromatic carbocycles. The fraction of sp³-hybridized carbons (Fsp3) is 0.400. The smallest absolute Gasteiger partial charge is 0.266 e. The maximum atomic E-state index is 15.4. The van der Waals surface area contributed by atoms with Crippen molar-refractivity contribution in [2.75, 3.05) is 33.4 Å². The normalized spacial score (nSPS) is 21.7. The summed E-state index contributed by atoms with van der Waals surface area (Å²) in [6.45, 7) is 3.33. The summed E-state index contributed by atoms with van der Waals surface area (Å²) >= 11 is 0. The number of amides is 1. The summed E-state index contributed by atoms with van der Waals surface area (Å²) in [5.41, 5.74) is 1.40. The topological polar surface area (TPSA) is 103 Å². The van der Waals surface area contributed by atoms with E-state index in [1.807, 2.05) is 12.1 Å². The molecule has 1 amide bonds. The molecule has 0 aliphatic carbocycles. The maximum absolute atomic E-state index is 15.4. The number of hydrogen-bond acceptors (Lipinski definition) is 8. The van der Waals surface area contributed by atoms with Gasteiger partial charge in [-0.25, -0.2) is 17.7 Å². The lowest BCUT2D eigenvalue weighted by molar-refractivity contribution is 0.0268. The van der Waals surface area contributed by atoms with E-state index in [4.69, 9.17) is 24.2 Å². The Kier molecular flexibility index (Phi) is 7.23. The lowest BCUT2D eigenvalue weighted by Gasteiger charge is -2.26. The number of ether oxygens (including phenoxy) is 3. The maximum Gasteiger partial charge on any atom is 0.266 e. The monoisotopic (exact) mass is 594 g/mol. The summed E-state index contributed by atoms with van der Waals surface area (Å²) in [4.78, 5) is 24.1. The molecule has 3 saturated heterocycles. The molecule has 3 aromatic heterocycles. The second-order valence-electron chi connectivity index (χ2n) is 11.0. The molecular weight excluding hydrogens is 565 g/mol. The van der Waals surface area contributed by atoms with Crippen molar-refractivity contribution in [2.24, 2.45) is 0 Å². The second-order valence-corrected chi connectivity index (χ2v) is 11.0. The number of fused-ring (bicyclic) bond motifs is 3. The molecule has 0 unspecified atom stereocenters. The quantitative estimate of drug-likeness (QED) is 0.326. The van der Waals surface area contributed by atoms with Crippen LogP contribution in [0.3, 0.4) is 0 Å². The summed E-state index contributed by atoms with van der Waals surface area (Å²) in [5.74, 6) is -1.51. The zero-order valence-corrected chi connectivity index (χ0v) is 23.3. The molecule has 13 heteroatoms. The number of likely N-dealkylation sites (tertiary alicyclic amines) is 1. The van der Waals surface area contributed by atoms with E-state index in [1.54, 1.807) is 12.4 Å². The predicted molar refractivity (Wildman–Crippen MR) is 148 cm³/mol. The highest BCUT2D eigenvalue weighted by Crippen LogP contribution is 2.37. The molecule has 0 radical (unpaired) electrons. The van der Waals surface area contributed by atoms with E-state index in [0.717, 1.165) is 43.4 Å². The number of aromatic nitrogens is 4. The number of nitrogens with one attached hydrogen (secondary N) is 1. The van der Waals surface area contributed by atoms with Gasteiger partial charge in [0, 0.05) is 67.2 Å². The number of morpholine rings is 1. The first-order chi connectivity index (χ1) is 20.9. The Morgan fingerprint density at radius 2 is 2.07 bits per heavy atom. The van der Waals surface area contributed by atoms with Crippen molar-refractivity contribution in [1.82, 2.24) is 29.8 Å². The Morgan fingerprint density at radius 1 is 1.19 bits per heavy atom. The molecule has 1 N–H and O–H groups in total. The van der Waals surface area contributed by atoms with E-state index in [2.05, 4.69) is 15.3 Å². The third-order valence-corrected chi connectivity index (χ3v) is 8.25. The number of rotatable bonds is 8. The number of nitrogens with zero attached hydrogens (tertiary/aromatic N) is 5. The Hall–Kier alpha value is -4.07. The molecule has 3 aliphatic rings. The first kappa shape index (κ1) is 27.7. The molecular formula is C30H29F3N6O4. The zero-order chi connectivity index (χ0) is 29.7. The van der Waals surface area contributed by atoms with Crippen molar-refractivity contribution in [3.05, 3.63) is 65.5 Å². The number of carbonyl (C=O) groups excluding carboxylic acids is 1. The minimum atomic E-state index is -3.13. The van der Waals surface area contributed by atoms with Gasteiger partial charge < -0.3 is 19.5 Å². The second kappa shape index (κ2) is 11.2. The van der Waals surface area contributed by atoms with Crippen molar-refractivity contribution in [3.8, 4) is 28.1 Å². The third kappa shape index (κ3) is 5.21.